The van der Waals surface area contributed by atoms with Gasteiger partial charge in [-0.1, -0.05) is 12.6 Å². The standard InChI is InChI=1S/C17H13F3N4O/c1-2-14(25)24-13-7-6-12-15(13)16(22-9-21-12)23-11-5-3-4-10(8-11)17(18,19)20/h2-9,15H,1H2,(H,24,25)(H,21,22,23). The highest BCUT2D eigenvalue weighted by atomic mass is 19.4. The van der Waals surface area contributed by atoms with Crippen LogP contribution in [0.25, 0.3) is 0 Å². The van der Waals surface area contributed by atoms with E-state index in [0.29, 0.717) is 5.70 Å². The minimum atomic E-state index is -4.45. The molecule has 128 valence electrons. The molecular weight excluding hydrogens is 333 g/mol. The van der Waals surface area contributed by atoms with Crippen LogP contribution in [0, 0.1) is 5.92 Å². The van der Waals surface area contributed by atoms with Gasteiger partial charge >= 0.3 is 6.18 Å². The Bertz CT molecular complexity index is 850. The summed E-state index contributed by atoms with van der Waals surface area (Å²) in [6.07, 6.45) is 1.51. The Balaban J connectivity index is 1.94. The normalized spacial score (nSPS) is 20.4. The van der Waals surface area contributed by atoms with E-state index in [2.05, 4.69) is 27.2 Å². The monoisotopic (exact) mass is 346 g/mol. The summed E-state index contributed by atoms with van der Waals surface area (Å²) < 4.78 is 38.5. The average Bonchev–Trinajstić information content (AvgIpc) is 2.98. The highest BCUT2D eigenvalue weighted by Gasteiger charge is 2.32. The second-order valence-electron chi connectivity index (χ2n) is 5.29. The summed E-state index contributed by atoms with van der Waals surface area (Å²) in [6.45, 7) is 3.39. The van der Waals surface area contributed by atoms with Gasteiger partial charge in [0.05, 0.1) is 23.5 Å². The number of carbonyl (C=O) groups is 1. The Labute approximate surface area is 141 Å². The van der Waals surface area contributed by atoms with Crippen LogP contribution in [0.5, 0.6) is 0 Å². The molecule has 25 heavy (non-hydrogen) atoms. The number of aliphatic imine (C=N–C) groups is 2. The fourth-order valence-corrected chi connectivity index (χ4v) is 2.48. The third-order valence-corrected chi connectivity index (χ3v) is 3.62. The summed E-state index contributed by atoms with van der Waals surface area (Å²) in [4.78, 5) is 19.9. The first-order chi connectivity index (χ1) is 11.9. The van der Waals surface area contributed by atoms with E-state index in [0.717, 1.165) is 23.9 Å². The average molecular weight is 346 g/mol. The maximum Gasteiger partial charge on any atom is 0.416 e. The summed E-state index contributed by atoms with van der Waals surface area (Å²) in [5.74, 6) is -0.602. The van der Waals surface area contributed by atoms with Crippen molar-refractivity contribution < 1.29 is 18.0 Å². The van der Waals surface area contributed by atoms with Gasteiger partial charge in [-0.15, -0.1) is 0 Å². The molecule has 0 spiro atoms. The molecule has 1 aromatic rings. The van der Waals surface area contributed by atoms with E-state index in [1.54, 1.807) is 12.2 Å². The first kappa shape index (κ1) is 16.7. The zero-order valence-electron chi connectivity index (χ0n) is 12.8. The third-order valence-electron chi connectivity index (χ3n) is 3.62. The van der Waals surface area contributed by atoms with Gasteiger partial charge in [0.25, 0.3) is 0 Å². The molecular formula is C17H13F3N4O. The van der Waals surface area contributed by atoms with Crippen LogP contribution in [0.4, 0.5) is 18.9 Å². The molecule has 1 amide bonds. The van der Waals surface area contributed by atoms with Gasteiger partial charge in [0.2, 0.25) is 5.91 Å². The number of hydrogen-bond donors (Lipinski definition) is 2. The van der Waals surface area contributed by atoms with E-state index in [1.807, 2.05) is 0 Å². The molecule has 1 aliphatic carbocycles. The van der Waals surface area contributed by atoms with Crippen LogP contribution in [0.15, 0.2) is 70.5 Å². The van der Waals surface area contributed by atoms with Crippen molar-refractivity contribution in [2.24, 2.45) is 15.9 Å². The lowest BCUT2D eigenvalue weighted by atomic mass is 10.0. The van der Waals surface area contributed by atoms with E-state index >= 15 is 0 Å². The predicted molar refractivity (Wildman–Crippen MR) is 88.2 cm³/mol. The molecule has 0 fully saturated rings. The highest BCUT2D eigenvalue weighted by Crippen LogP contribution is 2.33. The number of alkyl halides is 3. The van der Waals surface area contributed by atoms with Crippen LogP contribution < -0.4 is 10.6 Å². The summed E-state index contributed by atoms with van der Waals surface area (Å²) in [5, 5.41) is 5.59. The number of amides is 1. The second-order valence-corrected chi connectivity index (χ2v) is 5.29. The summed E-state index contributed by atoms with van der Waals surface area (Å²) in [7, 11) is 0. The van der Waals surface area contributed by atoms with Gasteiger partial charge in [0, 0.05) is 11.4 Å². The second kappa shape index (κ2) is 6.39. The maximum atomic E-state index is 12.8. The molecule has 0 saturated heterocycles. The lowest BCUT2D eigenvalue weighted by Crippen LogP contribution is -2.35. The zero-order chi connectivity index (χ0) is 18.0. The predicted octanol–water partition coefficient (Wildman–Crippen LogP) is 3.07. The summed E-state index contributed by atoms with van der Waals surface area (Å²) >= 11 is 0. The van der Waals surface area contributed by atoms with Gasteiger partial charge in [-0.2, -0.15) is 13.2 Å². The number of fused-ring (bicyclic) bond motifs is 1. The fraction of sp³-hybridized carbons (Fsp3) is 0.118. The number of benzene rings is 1. The largest absolute Gasteiger partial charge is 0.416 e. The van der Waals surface area contributed by atoms with Crippen molar-refractivity contribution in [1.29, 1.82) is 0 Å². The number of allylic oxidation sites excluding steroid dienone is 2. The van der Waals surface area contributed by atoms with Crippen LogP contribution in [0.2, 0.25) is 0 Å². The molecule has 1 heterocycles. The Morgan fingerprint density at radius 2 is 2.16 bits per heavy atom. The molecule has 1 atom stereocenters. The summed E-state index contributed by atoms with van der Waals surface area (Å²) in [5.41, 5.74) is 0.588. The van der Waals surface area contributed by atoms with E-state index < -0.39 is 23.6 Å². The van der Waals surface area contributed by atoms with Crippen molar-refractivity contribution in [3.63, 3.8) is 0 Å². The zero-order valence-corrected chi connectivity index (χ0v) is 12.8. The van der Waals surface area contributed by atoms with Crippen molar-refractivity contribution in [3.05, 3.63) is 66.0 Å². The van der Waals surface area contributed by atoms with Gasteiger partial charge in [-0.25, -0.2) is 9.98 Å². The lowest BCUT2D eigenvalue weighted by molar-refractivity contribution is -0.137. The first-order valence-electron chi connectivity index (χ1n) is 7.28. The number of hydrogen-bond acceptors (Lipinski definition) is 3. The van der Waals surface area contributed by atoms with Gasteiger partial charge in [0.15, 0.2) is 0 Å². The topological polar surface area (TPSA) is 65.8 Å². The molecule has 8 heteroatoms. The quantitative estimate of drug-likeness (QED) is 0.826. The molecule has 1 aromatic carbocycles. The highest BCUT2D eigenvalue weighted by molar-refractivity contribution is 6.01. The van der Waals surface area contributed by atoms with Gasteiger partial charge in [-0.05, 0) is 36.4 Å². The molecule has 1 unspecified atom stereocenters. The van der Waals surface area contributed by atoms with Crippen LogP contribution in [-0.4, -0.2) is 18.1 Å². The SMILES string of the molecule is C=CC(=O)NC1=CC=C2NC=NC(=Nc3cccc(C(F)(F)F)c3)C21. The van der Waals surface area contributed by atoms with Crippen LogP contribution in [0.3, 0.4) is 0 Å². The molecule has 0 aromatic heterocycles. The third kappa shape index (κ3) is 3.52. The smallest absolute Gasteiger partial charge is 0.349 e. The van der Waals surface area contributed by atoms with Crippen LogP contribution in [-0.2, 0) is 11.0 Å². The molecule has 0 bridgehead atoms. The molecule has 2 N–H and O–H groups in total. The van der Waals surface area contributed by atoms with Crippen molar-refractivity contribution in [2.45, 2.75) is 6.18 Å². The number of nitrogens with zero attached hydrogens (tertiary/aromatic N) is 2. The Kier molecular flexibility index (Phi) is 4.26. The number of halogens is 3. The van der Waals surface area contributed by atoms with Gasteiger partial charge in [0.1, 0.15) is 5.84 Å². The fourth-order valence-electron chi connectivity index (χ4n) is 2.48. The molecule has 0 radical (unpaired) electrons. The van der Waals surface area contributed by atoms with Crippen molar-refractivity contribution in [3.8, 4) is 0 Å². The molecule has 3 rings (SSSR count). The Morgan fingerprint density at radius 3 is 2.88 bits per heavy atom. The maximum absolute atomic E-state index is 12.8. The number of amidine groups is 1. The van der Waals surface area contributed by atoms with Crippen molar-refractivity contribution >= 4 is 23.8 Å². The molecule has 1 aliphatic heterocycles. The minimum Gasteiger partial charge on any atom is -0.349 e. The molecule has 2 aliphatic rings. The van der Waals surface area contributed by atoms with E-state index in [4.69, 9.17) is 0 Å². The summed E-state index contributed by atoms with van der Waals surface area (Å²) in [6, 6.07) is 4.68. The Morgan fingerprint density at radius 1 is 1.36 bits per heavy atom. The lowest BCUT2D eigenvalue weighted by Gasteiger charge is -2.22. The van der Waals surface area contributed by atoms with E-state index in [9.17, 15) is 18.0 Å². The number of carbonyl (C=O) groups excluding carboxylic acids is 1. The van der Waals surface area contributed by atoms with Crippen LogP contribution >= 0.6 is 0 Å². The van der Waals surface area contributed by atoms with Crippen molar-refractivity contribution in [2.75, 3.05) is 0 Å². The van der Waals surface area contributed by atoms with Crippen molar-refractivity contribution in [1.82, 2.24) is 10.6 Å². The van der Waals surface area contributed by atoms with Gasteiger partial charge < -0.3 is 10.6 Å². The van der Waals surface area contributed by atoms with Gasteiger partial charge in [-0.3, -0.25) is 4.79 Å². The van der Waals surface area contributed by atoms with Crippen LogP contribution in [0.1, 0.15) is 5.56 Å². The first-order valence-corrected chi connectivity index (χ1v) is 7.28. The number of rotatable bonds is 3. The molecule has 0 saturated carbocycles. The minimum absolute atomic E-state index is 0.129. The molecule has 5 nitrogen and oxygen atoms in total. The van der Waals surface area contributed by atoms with E-state index in [1.165, 1.54) is 18.5 Å². The Hall–Kier alpha value is -3.16. The number of nitrogens with one attached hydrogen (secondary N) is 2. The van der Waals surface area contributed by atoms with E-state index in [-0.39, 0.29) is 11.5 Å².